The van der Waals surface area contributed by atoms with Crippen molar-refractivity contribution in [3.63, 3.8) is 0 Å². The Morgan fingerprint density at radius 2 is 1.85 bits per heavy atom. The minimum atomic E-state index is -0.0888. The standard InChI is InChI=1S/C20H28N4O3/c1-15(16-5-3-2-4-6-16)22-9-11-23(12-10-22)20(26)24-8-7-18-17(13-24)21-19(25)14-27-18/h2-6,15,17-18H,7-14H2,1H3,(H,21,25). The van der Waals surface area contributed by atoms with Crippen molar-refractivity contribution in [1.82, 2.24) is 20.0 Å². The number of nitrogens with zero attached hydrogens (tertiary/aromatic N) is 3. The molecule has 7 nitrogen and oxygen atoms in total. The van der Waals surface area contributed by atoms with Crippen LogP contribution in [0.1, 0.15) is 24.9 Å². The summed E-state index contributed by atoms with van der Waals surface area (Å²) in [4.78, 5) is 30.7. The minimum Gasteiger partial charge on any atom is -0.366 e. The zero-order valence-electron chi connectivity index (χ0n) is 15.8. The SMILES string of the molecule is CC(c1ccccc1)N1CCN(C(=O)N2CCC3OCC(=O)NC3C2)CC1. The van der Waals surface area contributed by atoms with E-state index in [4.69, 9.17) is 4.74 Å². The number of rotatable bonds is 2. The predicted molar refractivity (Wildman–Crippen MR) is 101 cm³/mol. The molecule has 3 atom stereocenters. The van der Waals surface area contributed by atoms with E-state index in [0.29, 0.717) is 19.1 Å². The number of fused-ring (bicyclic) bond motifs is 1. The number of hydrogen-bond acceptors (Lipinski definition) is 4. The Labute approximate surface area is 160 Å². The molecule has 0 bridgehead atoms. The van der Waals surface area contributed by atoms with Crippen LogP contribution in [0.2, 0.25) is 0 Å². The fourth-order valence-electron chi connectivity index (χ4n) is 4.32. The highest BCUT2D eigenvalue weighted by molar-refractivity contribution is 5.79. The molecule has 3 saturated heterocycles. The van der Waals surface area contributed by atoms with Crippen LogP contribution in [0.5, 0.6) is 0 Å². The van der Waals surface area contributed by atoms with Crippen molar-refractivity contribution < 1.29 is 14.3 Å². The van der Waals surface area contributed by atoms with Crippen LogP contribution in [0.15, 0.2) is 30.3 Å². The van der Waals surface area contributed by atoms with E-state index in [-0.39, 0.29) is 30.7 Å². The first-order valence-electron chi connectivity index (χ1n) is 9.85. The second kappa shape index (κ2) is 7.86. The molecule has 0 saturated carbocycles. The van der Waals surface area contributed by atoms with Gasteiger partial charge in [0, 0.05) is 45.3 Å². The first-order chi connectivity index (χ1) is 13.1. The summed E-state index contributed by atoms with van der Waals surface area (Å²) in [5.41, 5.74) is 1.31. The summed E-state index contributed by atoms with van der Waals surface area (Å²) >= 11 is 0. The summed E-state index contributed by atoms with van der Waals surface area (Å²) in [6.45, 7) is 6.82. The number of piperazine rings is 1. The molecule has 3 aliphatic rings. The van der Waals surface area contributed by atoms with Crippen molar-refractivity contribution in [3.8, 4) is 0 Å². The number of ether oxygens (including phenoxy) is 1. The summed E-state index contributed by atoms with van der Waals surface area (Å²) in [5, 5.41) is 2.96. The topological polar surface area (TPSA) is 65.1 Å². The zero-order valence-corrected chi connectivity index (χ0v) is 15.8. The number of piperidine rings is 1. The van der Waals surface area contributed by atoms with E-state index in [1.165, 1.54) is 5.56 Å². The van der Waals surface area contributed by atoms with Crippen molar-refractivity contribution in [2.45, 2.75) is 31.5 Å². The molecular formula is C20H28N4O3. The van der Waals surface area contributed by atoms with Gasteiger partial charge in [0.15, 0.2) is 0 Å². The Morgan fingerprint density at radius 3 is 2.59 bits per heavy atom. The lowest BCUT2D eigenvalue weighted by atomic mass is 10.0. The van der Waals surface area contributed by atoms with E-state index in [1.807, 2.05) is 15.9 Å². The van der Waals surface area contributed by atoms with Gasteiger partial charge < -0.3 is 19.9 Å². The van der Waals surface area contributed by atoms with Gasteiger partial charge in [-0.2, -0.15) is 0 Å². The van der Waals surface area contributed by atoms with E-state index < -0.39 is 0 Å². The van der Waals surface area contributed by atoms with E-state index in [9.17, 15) is 9.59 Å². The third-order valence-corrected chi connectivity index (χ3v) is 6.01. The van der Waals surface area contributed by atoms with Gasteiger partial charge in [0.25, 0.3) is 0 Å². The molecule has 1 aromatic rings. The van der Waals surface area contributed by atoms with Gasteiger partial charge in [-0.1, -0.05) is 30.3 Å². The van der Waals surface area contributed by atoms with Crippen LogP contribution in [0.4, 0.5) is 4.79 Å². The lowest BCUT2D eigenvalue weighted by Gasteiger charge is -2.44. The van der Waals surface area contributed by atoms with Crippen LogP contribution in [0.3, 0.4) is 0 Å². The Bertz CT molecular complexity index is 675. The van der Waals surface area contributed by atoms with Crippen LogP contribution in [-0.2, 0) is 9.53 Å². The summed E-state index contributed by atoms with van der Waals surface area (Å²) in [5.74, 6) is -0.0888. The smallest absolute Gasteiger partial charge is 0.320 e. The maximum absolute atomic E-state index is 12.9. The van der Waals surface area contributed by atoms with Gasteiger partial charge in [0.1, 0.15) is 6.61 Å². The van der Waals surface area contributed by atoms with E-state index in [0.717, 1.165) is 32.6 Å². The number of benzene rings is 1. The first kappa shape index (κ1) is 18.3. The number of hydrogen-bond donors (Lipinski definition) is 1. The van der Waals surface area contributed by atoms with Gasteiger partial charge in [0.05, 0.1) is 12.1 Å². The molecule has 3 amide bonds. The number of morpholine rings is 1. The van der Waals surface area contributed by atoms with Crippen molar-refractivity contribution in [2.75, 3.05) is 45.9 Å². The molecule has 27 heavy (non-hydrogen) atoms. The van der Waals surface area contributed by atoms with E-state index >= 15 is 0 Å². The Balaban J connectivity index is 1.30. The minimum absolute atomic E-state index is 0.0373. The second-order valence-corrected chi connectivity index (χ2v) is 7.65. The molecule has 3 fully saturated rings. The fraction of sp³-hybridized carbons (Fsp3) is 0.600. The third kappa shape index (κ3) is 3.94. The van der Waals surface area contributed by atoms with Gasteiger partial charge >= 0.3 is 6.03 Å². The summed E-state index contributed by atoms with van der Waals surface area (Å²) in [6.07, 6.45) is 0.817. The van der Waals surface area contributed by atoms with Crippen LogP contribution < -0.4 is 5.32 Å². The molecule has 3 unspecified atom stereocenters. The maximum Gasteiger partial charge on any atom is 0.320 e. The molecule has 1 N–H and O–H groups in total. The lowest BCUT2D eigenvalue weighted by Crippen LogP contribution is -2.63. The zero-order chi connectivity index (χ0) is 18.8. The summed E-state index contributed by atoms with van der Waals surface area (Å²) in [6, 6.07) is 10.9. The van der Waals surface area contributed by atoms with Gasteiger partial charge in [0.2, 0.25) is 5.91 Å². The molecule has 1 aromatic carbocycles. The second-order valence-electron chi connectivity index (χ2n) is 7.65. The molecule has 7 heteroatoms. The number of likely N-dealkylation sites (tertiary alicyclic amines) is 1. The molecule has 0 spiro atoms. The number of carbonyl (C=O) groups excluding carboxylic acids is 2. The Morgan fingerprint density at radius 1 is 1.11 bits per heavy atom. The van der Waals surface area contributed by atoms with Crippen molar-refractivity contribution in [1.29, 1.82) is 0 Å². The van der Waals surface area contributed by atoms with E-state index in [2.05, 4.69) is 41.4 Å². The molecule has 0 radical (unpaired) electrons. The van der Waals surface area contributed by atoms with Gasteiger partial charge in [-0.05, 0) is 18.9 Å². The number of carbonyl (C=O) groups is 2. The third-order valence-electron chi connectivity index (χ3n) is 6.01. The van der Waals surface area contributed by atoms with E-state index in [1.54, 1.807) is 0 Å². The highest BCUT2D eigenvalue weighted by Crippen LogP contribution is 2.23. The lowest BCUT2D eigenvalue weighted by molar-refractivity contribution is -0.139. The van der Waals surface area contributed by atoms with Crippen molar-refractivity contribution in [3.05, 3.63) is 35.9 Å². The molecule has 0 aromatic heterocycles. The number of amides is 3. The van der Waals surface area contributed by atoms with Crippen LogP contribution in [0.25, 0.3) is 0 Å². The highest BCUT2D eigenvalue weighted by atomic mass is 16.5. The largest absolute Gasteiger partial charge is 0.366 e. The Kier molecular flexibility index (Phi) is 5.31. The number of nitrogens with one attached hydrogen (secondary N) is 1. The molecule has 0 aliphatic carbocycles. The molecule has 3 aliphatic heterocycles. The van der Waals surface area contributed by atoms with Crippen LogP contribution >= 0.6 is 0 Å². The van der Waals surface area contributed by atoms with Crippen molar-refractivity contribution >= 4 is 11.9 Å². The normalized spacial score (nSPS) is 27.7. The molecule has 3 heterocycles. The van der Waals surface area contributed by atoms with Crippen molar-refractivity contribution in [2.24, 2.45) is 0 Å². The fourth-order valence-corrected chi connectivity index (χ4v) is 4.32. The first-order valence-corrected chi connectivity index (χ1v) is 9.85. The highest BCUT2D eigenvalue weighted by Gasteiger charge is 2.38. The van der Waals surface area contributed by atoms with Crippen LogP contribution in [-0.4, -0.2) is 84.7 Å². The summed E-state index contributed by atoms with van der Waals surface area (Å²) in [7, 11) is 0. The monoisotopic (exact) mass is 372 g/mol. The Hall–Kier alpha value is -2.12. The molecule has 146 valence electrons. The van der Waals surface area contributed by atoms with Crippen LogP contribution in [0, 0.1) is 0 Å². The average molecular weight is 372 g/mol. The maximum atomic E-state index is 12.9. The predicted octanol–water partition coefficient (Wildman–Crippen LogP) is 1.07. The summed E-state index contributed by atoms with van der Waals surface area (Å²) < 4.78 is 5.58. The van der Waals surface area contributed by atoms with Gasteiger partial charge in [-0.25, -0.2) is 4.79 Å². The number of urea groups is 1. The average Bonchev–Trinajstić information content (AvgIpc) is 2.73. The molecule has 4 rings (SSSR count). The molecular weight excluding hydrogens is 344 g/mol. The quantitative estimate of drug-likeness (QED) is 0.844. The van der Waals surface area contributed by atoms with Gasteiger partial charge in [-0.3, -0.25) is 9.69 Å². The van der Waals surface area contributed by atoms with Gasteiger partial charge in [-0.15, -0.1) is 0 Å².